The molecule has 6 heteroatoms. The first kappa shape index (κ1) is 12.8. The molecule has 0 spiro atoms. The number of carboxylic acids is 1. The lowest BCUT2D eigenvalue weighted by molar-refractivity contribution is -0.142. The van der Waals surface area contributed by atoms with Gasteiger partial charge in [0.1, 0.15) is 12.2 Å². The summed E-state index contributed by atoms with van der Waals surface area (Å²) in [6.07, 6.45) is 0. The first-order valence-corrected chi connectivity index (χ1v) is 5.87. The van der Waals surface area contributed by atoms with Gasteiger partial charge in [-0.3, -0.25) is 0 Å². The van der Waals surface area contributed by atoms with E-state index in [2.05, 4.69) is 15.9 Å². The fourth-order valence-electron chi connectivity index (χ4n) is 1.57. The van der Waals surface area contributed by atoms with E-state index in [4.69, 9.17) is 14.3 Å². The van der Waals surface area contributed by atoms with Crippen LogP contribution in [0.2, 0.25) is 0 Å². The zero-order valence-corrected chi connectivity index (χ0v) is 10.8. The minimum atomic E-state index is -1.05. The molecule has 1 aromatic heterocycles. The molecule has 94 valence electrons. The number of benzene rings is 1. The monoisotopic (exact) mass is 312 g/mol. The molecule has 0 unspecified atom stereocenters. The second-order valence-corrected chi connectivity index (χ2v) is 4.53. The molecule has 0 bridgehead atoms. The third-order valence-corrected chi connectivity index (χ3v) is 2.77. The standard InChI is InChI=1S/C12H9BrO5/c13-8-1-2-9-7(5-17-6-11(14)15)3-12(16)18-10(9)4-8/h1-4H,5-6H2,(H,14,15). The van der Waals surface area contributed by atoms with E-state index in [1.54, 1.807) is 12.1 Å². The second-order valence-electron chi connectivity index (χ2n) is 3.62. The maximum Gasteiger partial charge on any atom is 0.336 e. The number of halogens is 1. The van der Waals surface area contributed by atoms with Gasteiger partial charge in [0.05, 0.1) is 6.61 Å². The van der Waals surface area contributed by atoms with Crippen LogP contribution < -0.4 is 5.63 Å². The van der Waals surface area contributed by atoms with Gasteiger partial charge < -0.3 is 14.3 Å². The van der Waals surface area contributed by atoms with E-state index >= 15 is 0 Å². The number of hydrogen-bond donors (Lipinski definition) is 1. The molecule has 2 rings (SSSR count). The Kier molecular flexibility index (Phi) is 3.78. The molecule has 0 aliphatic heterocycles. The predicted octanol–water partition coefficient (Wildman–Crippen LogP) is 2.16. The van der Waals surface area contributed by atoms with Crippen LogP contribution in [0.25, 0.3) is 11.0 Å². The summed E-state index contributed by atoms with van der Waals surface area (Å²) in [5, 5.41) is 9.21. The van der Waals surface area contributed by atoms with Crippen LogP contribution in [0.1, 0.15) is 5.56 Å². The average molecular weight is 313 g/mol. The molecule has 0 fully saturated rings. The van der Waals surface area contributed by atoms with E-state index in [-0.39, 0.29) is 6.61 Å². The van der Waals surface area contributed by atoms with Crippen molar-refractivity contribution in [3.05, 3.63) is 44.7 Å². The maximum absolute atomic E-state index is 11.4. The molecular weight excluding hydrogens is 304 g/mol. The van der Waals surface area contributed by atoms with Crippen molar-refractivity contribution in [1.82, 2.24) is 0 Å². The van der Waals surface area contributed by atoms with E-state index in [9.17, 15) is 9.59 Å². The Balaban J connectivity index is 2.37. The molecule has 18 heavy (non-hydrogen) atoms. The Labute approximate surface area is 110 Å². The molecule has 2 aromatic rings. The number of carboxylic acid groups (broad SMARTS) is 1. The number of fused-ring (bicyclic) bond motifs is 1. The van der Waals surface area contributed by atoms with Gasteiger partial charge in [0.25, 0.3) is 0 Å². The van der Waals surface area contributed by atoms with Crippen LogP contribution in [0.3, 0.4) is 0 Å². The van der Waals surface area contributed by atoms with Crippen LogP contribution >= 0.6 is 15.9 Å². The van der Waals surface area contributed by atoms with Crippen LogP contribution in [-0.4, -0.2) is 17.7 Å². The van der Waals surface area contributed by atoms with Gasteiger partial charge in [-0.1, -0.05) is 15.9 Å². The Morgan fingerprint density at radius 3 is 2.89 bits per heavy atom. The molecule has 5 nitrogen and oxygen atoms in total. The average Bonchev–Trinajstić information content (AvgIpc) is 2.27. The maximum atomic E-state index is 11.4. The summed E-state index contributed by atoms with van der Waals surface area (Å²) >= 11 is 3.28. The molecule has 0 aliphatic carbocycles. The van der Waals surface area contributed by atoms with Crippen LogP contribution in [0.4, 0.5) is 0 Å². The van der Waals surface area contributed by atoms with Crippen LogP contribution in [0.15, 0.2) is 37.9 Å². The van der Waals surface area contributed by atoms with E-state index in [1.807, 2.05) is 6.07 Å². The minimum absolute atomic E-state index is 0.0516. The molecule has 1 heterocycles. The molecule has 0 saturated heterocycles. The van der Waals surface area contributed by atoms with Gasteiger partial charge in [0.2, 0.25) is 0 Å². The van der Waals surface area contributed by atoms with Crippen molar-refractivity contribution in [2.24, 2.45) is 0 Å². The highest BCUT2D eigenvalue weighted by atomic mass is 79.9. The van der Waals surface area contributed by atoms with E-state index < -0.39 is 18.2 Å². The summed E-state index contributed by atoms with van der Waals surface area (Å²) in [7, 11) is 0. The number of rotatable bonds is 4. The smallest absolute Gasteiger partial charge is 0.336 e. The van der Waals surface area contributed by atoms with Crippen LogP contribution in [0, 0.1) is 0 Å². The summed E-state index contributed by atoms with van der Waals surface area (Å²) < 4.78 is 10.8. The molecule has 0 saturated carbocycles. The quantitative estimate of drug-likeness (QED) is 0.875. The van der Waals surface area contributed by atoms with Crippen molar-refractivity contribution in [3.8, 4) is 0 Å². The van der Waals surface area contributed by atoms with E-state index in [0.29, 0.717) is 11.1 Å². The topological polar surface area (TPSA) is 76.7 Å². The molecule has 0 amide bonds. The Bertz CT molecular complexity index is 646. The number of ether oxygens (including phenoxy) is 1. The lowest BCUT2D eigenvalue weighted by atomic mass is 10.1. The van der Waals surface area contributed by atoms with Gasteiger partial charge in [-0.25, -0.2) is 9.59 Å². The number of aliphatic carboxylic acids is 1. The van der Waals surface area contributed by atoms with Gasteiger partial charge in [-0.05, 0) is 23.8 Å². The highest BCUT2D eigenvalue weighted by molar-refractivity contribution is 9.10. The molecule has 0 aliphatic rings. The van der Waals surface area contributed by atoms with Gasteiger partial charge in [0.15, 0.2) is 0 Å². The van der Waals surface area contributed by atoms with Crippen molar-refractivity contribution in [2.75, 3.05) is 6.61 Å². The second kappa shape index (κ2) is 5.32. The summed E-state index contributed by atoms with van der Waals surface area (Å²) in [5.74, 6) is -1.05. The van der Waals surface area contributed by atoms with Crippen molar-refractivity contribution >= 4 is 32.9 Å². The minimum Gasteiger partial charge on any atom is -0.480 e. The normalized spacial score (nSPS) is 10.7. The Morgan fingerprint density at radius 1 is 1.39 bits per heavy atom. The molecular formula is C12H9BrO5. The Morgan fingerprint density at radius 2 is 2.17 bits per heavy atom. The van der Waals surface area contributed by atoms with Gasteiger partial charge >= 0.3 is 11.6 Å². The van der Waals surface area contributed by atoms with E-state index in [0.717, 1.165) is 9.86 Å². The third-order valence-electron chi connectivity index (χ3n) is 2.28. The summed E-state index contributed by atoms with van der Waals surface area (Å²) in [5.41, 5.74) is 0.551. The zero-order valence-electron chi connectivity index (χ0n) is 9.18. The summed E-state index contributed by atoms with van der Waals surface area (Å²) in [6.45, 7) is -0.353. The van der Waals surface area contributed by atoms with Crippen LogP contribution in [-0.2, 0) is 16.1 Å². The van der Waals surface area contributed by atoms with Gasteiger partial charge in [-0.15, -0.1) is 0 Å². The third kappa shape index (κ3) is 2.96. The SMILES string of the molecule is O=C(O)COCc1cc(=O)oc2cc(Br)ccc12. The highest BCUT2D eigenvalue weighted by Gasteiger charge is 2.07. The van der Waals surface area contributed by atoms with Crippen molar-refractivity contribution < 1.29 is 19.1 Å². The highest BCUT2D eigenvalue weighted by Crippen LogP contribution is 2.21. The fourth-order valence-corrected chi connectivity index (χ4v) is 1.91. The molecule has 1 N–H and O–H groups in total. The lowest BCUT2D eigenvalue weighted by Crippen LogP contribution is -2.08. The van der Waals surface area contributed by atoms with E-state index in [1.165, 1.54) is 6.07 Å². The fraction of sp³-hybridized carbons (Fsp3) is 0.167. The number of carbonyl (C=O) groups is 1. The van der Waals surface area contributed by atoms with Crippen molar-refractivity contribution in [1.29, 1.82) is 0 Å². The first-order valence-electron chi connectivity index (χ1n) is 5.08. The largest absolute Gasteiger partial charge is 0.480 e. The van der Waals surface area contributed by atoms with Crippen LogP contribution in [0.5, 0.6) is 0 Å². The first-order chi connectivity index (χ1) is 8.56. The molecule has 0 atom stereocenters. The van der Waals surface area contributed by atoms with Crippen molar-refractivity contribution in [2.45, 2.75) is 6.61 Å². The van der Waals surface area contributed by atoms with Gasteiger partial charge in [0, 0.05) is 15.9 Å². The summed E-state index contributed by atoms with van der Waals surface area (Å²) in [6, 6.07) is 6.57. The molecule has 1 aromatic carbocycles. The summed E-state index contributed by atoms with van der Waals surface area (Å²) in [4.78, 5) is 21.7. The zero-order chi connectivity index (χ0) is 13.1. The predicted molar refractivity (Wildman–Crippen MR) is 67.5 cm³/mol. The Hall–Kier alpha value is -1.66. The number of hydrogen-bond acceptors (Lipinski definition) is 4. The van der Waals surface area contributed by atoms with Gasteiger partial charge in [-0.2, -0.15) is 0 Å². The lowest BCUT2D eigenvalue weighted by Gasteiger charge is -2.05. The molecule has 0 radical (unpaired) electrons. The van der Waals surface area contributed by atoms with Crippen molar-refractivity contribution in [3.63, 3.8) is 0 Å².